The number of imidazole rings is 1. The Kier molecular flexibility index (Phi) is 4.37. The van der Waals surface area contributed by atoms with Gasteiger partial charge in [-0.05, 0) is 43.3 Å². The predicted octanol–water partition coefficient (Wildman–Crippen LogP) is 3.16. The smallest absolute Gasteiger partial charge is 0.165 e. The minimum atomic E-state index is 0.0774. The summed E-state index contributed by atoms with van der Waals surface area (Å²) in [6.07, 6.45) is 3.25. The molecule has 0 radical (unpaired) electrons. The fourth-order valence-corrected chi connectivity index (χ4v) is 3.38. The average Bonchev–Trinajstić information content (AvgIpc) is 3.39. The highest BCUT2D eigenvalue weighted by atomic mass is 15.5. The van der Waals surface area contributed by atoms with Crippen LogP contribution in [0.2, 0.25) is 0 Å². The maximum atomic E-state index is 8.86. The molecule has 0 saturated heterocycles. The first kappa shape index (κ1) is 18.4. The molecular formula is C22H17N9. The van der Waals surface area contributed by atoms with Gasteiger partial charge >= 0.3 is 0 Å². The second-order valence-corrected chi connectivity index (χ2v) is 7.00. The molecule has 0 aliphatic heterocycles. The topological polar surface area (TPSA) is 124 Å². The summed E-state index contributed by atoms with van der Waals surface area (Å²) in [5, 5.41) is 17.3. The molecular weight excluding hydrogens is 390 g/mol. The third-order valence-electron chi connectivity index (χ3n) is 4.89. The maximum absolute atomic E-state index is 8.86. The van der Waals surface area contributed by atoms with E-state index in [1.807, 2.05) is 66.1 Å². The van der Waals surface area contributed by atoms with Crippen LogP contribution in [-0.4, -0.2) is 34.5 Å². The fraction of sp³-hybridized carbons (Fsp3) is 0.0909. The second kappa shape index (κ2) is 7.35. The summed E-state index contributed by atoms with van der Waals surface area (Å²) >= 11 is 0. The van der Waals surface area contributed by atoms with Crippen LogP contribution in [0, 0.1) is 18.3 Å². The largest absolute Gasteiger partial charge is 0.383 e. The lowest BCUT2D eigenvalue weighted by Crippen LogP contribution is -2.02. The van der Waals surface area contributed by atoms with Crippen molar-refractivity contribution in [2.24, 2.45) is 0 Å². The summed E-state index contributed by atoms with van der Waals surface area (Å²) < 4.78 is 1.96. The number of nitrogen functional groups attached to an aromatic ring is 1. The van der Waals surface area contributed by atoms with Crippen LogP contribution in [0.25, 0.3) is 39.6 Å². The monoisotopic (exact) mass is 407 g/mol. The molecule has 9 nitrogen and oxygen atoms in total. The van der Waals surface area contributed by atoms with Gasteiger partial charge in [0.15, 0.2) is 11.5 Å². The summed E-state index contributed by atoms with van der Waals surface area (Å²) in [5.41, 5.74) is 11.5. The van der Waals surface area contributed by atoms with Crippen LogP contribution in [-0.2, 0) is 6.54 Å². The zero-order valence-corrected chi connectivity index (χ0v) is 16.6. The third-order valence-corrected chi connectivity index (χ3v) is 4.89. The third kappa shape index (κ3) is 3.26. The van der Waals surface area contributed by atoms with Crippen molar-refractivity contribution in [1.82, 2.24) is 34.5 Å². The van der Waals surface area contributed by atoms with Gasteiger partial charge in [-0.1, -0.05) is 17.7 Å². The van der Waals surface area contributed by atoms with Crippen molar-refractivity contribution >= 4 is 17.0 Å². The first-order valence-corrected chi connectivity index (χ1v) is 9.59. The molecule has 1 aromatic carbocycles. The summed E-state index contributed by atoms with van der Waals surface area (Å²) in [6.45, 7) is 2.12. The number of benzene rings is 1. The van der Waals surface area contributed by atoms with E-state index in [2.05, 4.69) is 15.2 Å². The molecule has 5 aromatic rings. The molecule has 0 spiro atoms. The van der Waals surface area contributed by atoms with Gasteiger partial charge in [0.1, 0.15) is 23.6 Å². The number of nitrogens with zero attached hydrogens (tertiary/aromatic N) is 8. The van der Waals surface area contributed by atoms with Crippen LogP contribution < -0.4 is 5.73 Å². The van der Waals surface area contributed by atoms with Crippen LogP contribution in [0.1, 0.15) is 5.56 Å². The van der Waals surface area contributed by atoms with E-state index in [4.69, 9.17) is 21.0 Å². The molecule has 0 fully saturated rings. The van der Waals surface area contributed by atoms with Gasteiger partial charge in [-0.2, -0.15) is 20.3 Å². The molecule has 150 valence electrons. The molecule has 0 bridgehead atoms. The van der Waals surface area contributed by atoms with Gasteiger partial charge in [0.2, 0.25) is 0 Å². The van der Waals surface area contributed by atoms with E-state index in [1.54, 1.807) is 12.4 Å². The number of hydrogen-bond donors (Lipinski definition) is 1. The standard InChI is InChI=1S/C22H17N9/c1-14-4-6-15(7-5-14)31-21(16-3-2-11-25-20(16)24)28-18-9-8-17(27-22(18)31)19-13-26-30(29-19)12-10-23/h2-9,11,13H,12H2,1H3,(H2,24,25). The molecule has 4 aromatic heterocycles. The fourth-order valence-electron chi connectivity index (χ4n) is 3.38. The van der Waals surface area contributed by atoms with Crippen molar-refractivity contribution in [1.29, 1.82) is 5.26 Å². The van der Waals surface area contributed by atoms with Crippen LogP contribution in [0.4, 0.5) is 5.82 Å². The van der Waals surface area contributed by atoms with E-state index in [9.17, 15) is 0 Å². The zero-order chi connectivity index (χ0) is 21.4. The summed E-state index contributed by atoms with van der Waals surface area (Å²) in [5.74, 6) is 1.05. The van der Waals surface area contributed by atoms with Crippen molar-refractivity contribution in [2.75, 3.05) is 5.73 Å². The Labute approximate surface area is 177 Å². The minimum absolute atomic E-state index is 0.0774. The van der Waals surface area contributed by atoms with E-state index >= 15 is 0 Å². The molecule has 0 atom stereocenters. The predicted molar refractivity (Wildman–Crippen MR) is 116 cm³/mol. The van der Waals surface area contributed by atoms with Crippen LogP contribution in [0.15, 0.2) is 60.9 Å². The number of nitrogens with two attached hydrogens (primary N) is 1. The number of anilines is 1. The molecule has 4 heterocycles. The van der Waals surface area contributed by atoms with Crippen molar-refractivity contribution in [3.8, 4) is 34.5 Å². The first-order valence-electron chi connectivity index (χ1n) is 9.59. The highest BCUT2D eigenvalue weighted by Crippen LogP contribution is 2.31. The SMILES string of the molecule is Cc1ccc(-n2c(-c3cccnc3N)nc3ccc(-c4cnn(CC#N)n4)nc32)cc1. The molecule has 0 aliphatic carbocycles. The first-order chi connectivity index (χ1) is 15.1. The van der Waals surface area contributed by atoms with Gasteiger partial charge in [-0.25, -0.2) is 15.0 Å². The van der Waals surface area contributed by atoms with Crippen molar-refractivity contribution in [2.45, 2.75) is 13.5 Å². The van der Waals surface area contributed by atoms with E-state index in [-0.39, 0.29) is 6.54 Å². The molecule has 5 rings (SSSR count). The molecule has 9 heteroatoms. The van der Waals surface area contributed by atoms with E-state index in [0.29, 0.717) is 34.2 Å². The molecule has 0 aliphatic rings. The minimum Gasteiger partial charge on any atom is -0.383 e. The number of pyridine rings is 2. The van der Waals surface area contributed by atoms with Crippen LogP contribution in [0.3, 0.4) is 0 Å². The highest BCUT2D eigenvalue weighted by Gasteiger charge is 2.19. The number of aryl methyl sites for hydroxylation is 1. The maximum Gasteiger partial charge on any atom is 0.165 e. The van der Waals surface area contributed by atoms with Gasteiger partial charge < -0.3 is 5.73 Å². The van der Waals surface area contributed by atoms with Gasteiger partial charge in [-0.3, -0.25) is 4.57 Å². The average molecular weight is 407 g/mol. The Balaban J connectivity index is 1.75. The Bertz CT molecular complexity index is 1440. The number of rotatable bonds is 4. The molecule has 0 unspecified atom stereocenters. The molecule has 2 N–H and O–H groups in total. The van der Waals surface area contributed by atoms with Crippen molar-refractivity contribution in [3.63, 3.8) is 0 Å². The molecule has 31 heavy (non-hydrogen) atoms. The normalized spacial score (nSPS) is 11.0. The van der Waals surface area contributed by atoms with Gasteiger partial charge in [0.05, 0.1) is 23.5 Å². The lowest BCUT2D eigenvalue weighted by Gasteiger charge is -2.10. The van der Waals surface area contributed by atoms with Crippen LogP contribution in [0.5, 0.6) is 0 Å². The summed E-state index contributed by atoms with van der Waals surface area (Å²) in [6, 6.07) is 17.6. The Morgan fingerprint density at radius 3 is 2.65 bits per heavy atom. The van der Waals surface area contributed by atoms with Crippen molar-refractivity contribution in [3.05, 3.63) is 66.5 Å². The zero-order valence-electron chi connectivity index (χ0n) is 16.6. The van der Waals surface area contributed by atoms with Gasteiger partial charge in [0.25, 0.3) is 0 Å². The number of hydrogen-bond acceptors (Lipinski definition) is 7. The molecule has 0 amide bonds. The Morgan fingerprint density at radius 1 is 1.03 bits per heavy atom. The van der Waals surface area contributed by atoms with Crippen LogP contribution >= 0.6 is 0 Å². The van der Waals surface area contributed by atoms with E-state index in [0.717, 1.165) is 16.8 Å². The Hall–Kier alpha value is -4.58. The summed E-state index contributed by atoms with van der Waals surface area (Å²) in [7, 11) is 0. The molecule has 0 saturated carbocycles. The van der Waals surface area contributed by atoms with E-state index in [1.165, 1.54) is 4.80 Å². The number of nitriles is 1. The lowest BCUT2D eigenvalue weighted by molar-refractivity contribution is 0.610. The number of fused-ring (bicyclic) bond motifs is 1. The lowest BCUT2D eigenvalue weighted by atomic mass is 10.2. The van der Waals surface area contributed by atoms with Gasteiger partial charge in [0, 0.05) is 11.9 Å². The van der Waals surface area contributed by atoms with Crippen molar-refractivity contribution < 1.29 is 0 Å². The number of aromatic nitrogens is 7. The Morgan fingerprint density at radius 2 is 1.87 bits per heavy atom. The highest BCUT2D eigenvalue weighted by molar-refractivity contribution is 5.84. The quantitative estimate of drug-likeness (QED) is 0.485. The van der Waals surface area contributed by atoms with Gasteiger partial charge in [-0.15, -0.1) is 0 Å². The summed E-state index contributed by atoms with van der Waals surface area (Å²) in [4.78, 5) is 15.2. The second-order valence-electron chi connectivity index (χ2n) is 7.00. The van der Waals surface area contributed by atoms with E-state index < -0.39 is 0 Å².